The van der Waals surface area contributed by atoms with Crippen molar-refractivity contribution >= 4 is 46.7 Å². The van der Waals surface area contributed by atoms with Crippen LogP contribution in [0.15, 0.2) is 176 Å². The van der Waals surface area contributed by atoms with Crippen LogP contribution in [0.25, 0.3) is 11.1 Å². The summed E-state index contributed by atoms with van der Waals surface area (Å²) in [4.78, 5) is 2.15. The lowest BCUT2D eigenvalue weighted by atomic mass is 9.86. The number of rotatable bonds is 21. The van der Waals surface area contributed by atoms with Gasteiger partial charge in [0.15, 0.2) is 0 Å². The highest BCUT2D eigenvalue weighted by Gasteiger charge is 2.44. The summed E-state index contributed by atoms with van der Waals surface area (Å²) in [5.41, 5.74) is 6.57. The Kier molecular flexibility index (Phi) is 19.8. The second-order valence-corrected chi connectivity index (χ2v) is 18.5. The van der Waals surface area contributed by atoms with Gasteiger partial charge in [0.2, 0.25) is 0 Å². The monoisotopic (exact) mass is 859 g/mol. The van der Waals surface area contributed by atoms with E-state index in [2.05, 4.69) is 195 Å². The van der Waals surface area contributed by atoms with Gasteiger partial charge in [-0.15, -0.1) is 12.4 Å². The fourth-order valence-corrected chi connectivity index (χ4v) is 12.2. The number of likely N-dealkylation sites (N-methyl/N-ethyl adjacent to an activating group) is 1. The Hall–Kier alpha value is -3.98. The van der Waals surface area contributed by atoms with Crippen molar-refractivity contribution in [1.82, 2.24) is 4.90 Å². The Morgan fingerprint density at radius 1 is 0.456 bits per heavy atom. The molecule has 6 aromatic carbocycles. The Balaban J connectivity index is 0.00000360. The molecule has 298 valence electrons. The highest BCUT2D eigenvalue weighted by molar-refractivity contribution is 7.95. The van der Waals surface area contributed by atoms with Crippen molar-refractivity contribution in [2.75, 3.05) is 33.4 Å². The summed E-state index contributed by atoms with van der Waals surface area (Å²) in [5.74, 6) is 0.920. The zero-order valence-electron chi connectivity index (χ0n) is 33.8. The van der Waals surface area contributed by atoms with Crippen LogP contribution in [-0.2, 0) is 0 Å². The second-order valence-electron chi connectivity index (χ2n) is 14.9. The number of benzene rings is 6. The van der Waals surface area contributed by atoms with Gasteiger partial charge in [-0.2, -0.15) is 0 Å². The molecule has 0 atom stereocenters. The smallest absolute Gasteiger partial charge is 0.119 e. The van der Waals surface area contributed by atoms with E-state index < -0.39 is 7.26 Å². The average Bonchev–Trinajstić information content (AvgIpc) is 3.24. The van der Waals surface area contributed by atoms with Gasteiger partial charge >= 0.3 is 0 Å². The lowest BCUT2D eigenvalue weighted by Crippen LogP contribution is -3.00. The Morgan fingerprint density at radius 2 is 0.842 bits per heavy atom. The summed E-state index contributed by atoms with van der Waals surface area (Å²) in [6.45, 7) is 1.58. The molecule has 0 radical (unpaired) electrons. The fourth-order valence-electron chi connectivity index (χ4n) is 7.83. The SMILES string of the molecule is CN(C)CCOc1ccc(/C(=C(/CCCCCCCCCC[P+](c2ccccc2)(c2ccccc2)c2ccccc2)c2ccccc2)c2ccccc2)cc1.Cl.[Br-]. The van der Waals surface area contributed by atoms with Gasteiger partial charge in [-0.05, 0) is 116 Å². The molecule has 0 aromatic heterocycles. The summed E-state index contributed by atoms with van der Waals surface area (Å²) in [6.07, 6.45) is 12.5. The van der Waals surface area contributed by atoms with Crippen molar-refractivity contribution < 1.29 is 21.7 Å². The largest absolute Gasteiger partial charge is 1.00 e. The van der Waals surface area contributed by atoms with Gasteiger partial charge in [-0.3, -0.25) is 0 Å². The van der Waals surface area contributed by atoms with Gasteiger partial charge in [-0.1, -0.05) is 159 Å². The maximum atomic E-state index is 6.05. The molecule has 0 bridgehead atoms. The minimum Gasteiger partial charge on any atom is -1.00 e. The molecule has 0 fully saturated rings. The third-order valence-corrected chi connectivity index (χ3v) is 15.2. The number of ether oxygens (including phenoxy) is 1. The van der Waals surface area contributed by atoms with Crippen molar-refractivity contribution in [2.24, 2.45) is 0 Å². The quantitative estimate of drug-likeness (QED) is 0.0407. The topological polar surface area (TPSA) is 12.5 Å². The first-order valence-corrected chi connectivity index (χ1v) is 22.4. The lowest BCUT2D eigenvalue weighted by molar-refractivity contribution is -0.0000116. The van der Waals surface area contributed by atoms with Crippen LogP contribution in [0.3, 0.4) is 0 Å². The van der Waals surface area contributed by atoms with Crippen LogP contribution in [0.5, 0.6) is 5.75 Å². The first-order valence-electron chi connectivity index (χ1n) is 20.4. The van der Waals surface area contributed by atoms with Crippen LogP contribution in [-0.4, -0.2) is 38.3 Å². The van der Waals surface area contributed by atoms with Crippen LogP contribution in [0.2, 0.25) is 0 Å². The van der Waals surface area contributed by atoms with Crippen LogP contribution in [0.4, 0.5) is 0 Å². The van der Waals surface area contributed by atoms with Gasteiger partial charge < -0.3 is 26.6 Å². The predicted molar refractivity (Wildman–Crippen MR) is 248 cm³/mol. The highest BCUT2D eigenvalue weighted by atomic mass is 79.9. The van der Waals surface area contributed by atoms with E-state index in [1.165, 1.54) is 101 Å². The van der Waals surface area contributed by atoms with E-state index in [4.69, 9.17) is 4.74 Å². The summed E-state index contributed by atoms with van der Waals surface area (Å²) in [6, 6.07) is 64.7. The molecule has 0 N–H and O–H groups in total. The number of unbranched alkanes of at least 4 members (excludes halogenated alkanes) is 7. The Morgan fingerprint density at radius 3 is 1.30 bits per heavy atom. The molecule has 0 amide bonds. The molecule has 0 spiro atoms. The van der Waals surface area contributed by atoms with Crippen LogP contribution >= 0.6 is 19.7 Å². The molecule has 5 heteroatoms. The number of nitrogens with zero attached hydrogens (tertiary/aromatic N) is 1. The van der Waals surface area contributed by atoms with Crippen LogP contribution in [0.1, 0.15) is 74.5 Å². The van der Waals surface area contributed by atoms with E-state index in [1.807, 2.05) is 0 Å². The molecule has 0 unspecified atom stereocenters. The molecule has 6 rings (SSSR count). The molecule has 0 aliphatic heterocycles. The van der Waals surface area contributed by atoms with E-state index in [0.717, 1.165) is 18.7 Å². The molecule has 0 saturated heterocycles. The molecule has 2 nitrogen and oxygen atoms in total. The zero-order valence-corrected chi connectivity index (χ0v) is 37.1. The minimum absolute atomic E-state index is 0. The third-order valence-electron chi connectivity index (χ3n) is 10.7. The number of hydrogen-bond acceptors (Lipinski definition) is 2. The molecule has 0 aliphatic carbocycles. The maximum absolute atomic E-state index is 6.05. The molecule has 0 saturated carbocycles. The minimum atomic E-state index is -1.73. The molecular formula is C52H60BrClNOP. The molecule has 57 heavy (non-hydrogen) atoms. The first-order chi connectivity index (χ1) is 27.1. The predicted octanol–water partition coefficient (Wildman–Crippen LogP) is 9.52. The van der Waals surface area contributed by atoms with Crippen LogP contribution < -0.4 is 37.6 Å². The van der Waals surface area contributed by atoms with Crippen molar-refractivity contribution in [3.05, 3.63) is 193 Å². The maximum Gasteiger partial charge on any atom is 0.119 e. The summed E-state index contributed by atoms with van der Waals surface area (Å²) in [7, 11) is 2.42. The third kappa shape index (κ3) is 13.0. The molecular weight excluding hydrogens is 801 g/mol. The van der Waals surface area contributed by atoms with Crippen molar-refractivity contribution in [2.45, 2.75) is 57.8 Å². The van der Waals surface area contributed by atoms with Crippen LogP contribution in [0, 0.1) is 0 Å². The summed E-state index contributed by atoms with van der Waals surface area (Å²) >= 11 is 0. The van der Waals surface area contributed by atoms with Gasteiger partial charge in [0.1, 0.15) is 35.5 Å². The Labute approximate surface area is 360 Å². The number of halogens is 2. The van der Waals surface area contributed by atoms with Crippen molar-refractivity contribution in [3.63, 3.8) is 0 Å². The lowest BCUT2D eigenvalue weighted by Gasteiger charge is -2.27. The van der Waals surface area contributed by atoms with Crippen molar-refractivity contribution in [3.8, 4) is 5.75 Å². The second kappa shape index (κ2) is 24.7. The van der Waals surface area contributed by atoms with E-state index >= 15 is 0 Å². The Bertz CT molecular complexity index is 1890. The van der Waals surface area contributed by atoms with E-state index in [0.29, 0.717) is 6.61 Å². The van der Waals surface area contributed by atoms with Crippen molar-refractivity contribution in [1.29, 1.82) is 0 Å². The molecule has 0 aliphatic rings. The average molecular weight is 861 g/mol. The van der Waals surface area contributed by atoms with Gasteiger partial charge in [-0.25, -0.2) is 0 Å². The van der Waals surface area contributed by atoms with Gasteiger partial charge in [0.05, 0.1) is 6.16 Å². The van der Waals surface area contributed by atoms with E-state index in [-0.39, 0.29) is 29.4 Å². The zero-order chi connectivity index (χ0) is 38.0. The van der Waals surface area contributed by atoms with Gasteiger partial charge in [0, 0.05) is 6.54 Å². The first kappa shape index (κ1) is 45.7. The van der Waals surface area contributed by atoms with Gasteiger partial charge in [0.25, 0.3) is 0 Å². The van der Waals surface area contributed by atoms with E-state index in [9.17, 15) is 0 Å². The van der Waals surface area contributed by atoms with E-state index in [1.54, 1.807) is 0 Å². The standard InChI is InChI=1S/C52H59NOP.BrH.ClH/c1-53(2)41-42-54-47-39-37-46(38-40-47)52(45-28-16-10-17-29-45)51(44-26-14-9-15-27-44)36-24-7-5-3-4-6-8-25-43-55(48-30-18-11-19-31-48,49-32-20-12-21-33-49)50-34-22-13-23-35-50;;/h9-23,26-35,37-40H,3-8,24-25,36,41-43H2,1-2H3;2*1H/q+1;;/p-1/b52-51-;;. The highest BCUT2D eigenvalue weighted by Crippen LogP contribution is 2.56. The normalized spacial score (nSPS) is 11.6. The number of hydrogen-bond donors (Lipinski definition) is 0. The number of allylic oxidation sites excluding steroid dienone is 1. The summed E-state index contributed by atoms with van der Waals surface area (Å²) in [5, 5.41) is 4.48. The fraction of sp³-hybridized carbons (Fsp3) is 0.269. The summed E-state index contributed by atoms with van der Waals surface area (Å²) < 4.78 is 6.05. The molecule has 0 heterocycles. The molecule has 6 aromatic rings.